The van der Waals surface area contributed by atoms with Crippen LogP contribution >= 0.6 is 11.6 Å². The van der Waals surface area contributed by atoms with E-state index in [9.17, 15) is 18.0 Å². The Bertz CT molecular complexity index is 1530. The van der Waals surface area contributed by atoms with Crippen LogP contribution in [0, 0.1) is 0 Å². The number of anilines is 1. The van der Waals surface area contributed by atoms with Crippen molar-refractivity contribution in [3.8, 4) is 11.5 Å². The molecule has 0 unspecified atom stereocenters. The molecule has 1 saturated carbocycles. The van der Waals surface area contributed by atoms with Crippen LogP contribution in [0.4, 0.5) is 5.69 Å². The Labute approximate surface area is 265 Å². The third-order valence-corrected chi connectivity index (χ3v) is 10.1. The van der Waals surface area contributed by atoms with E-state index in [1.165, 1.54) is 31.3 Å². The molecule has 1 fully saturated rings. The van der Waals surface area contributed by atoms with Crippen molar-refractivity contribution >= 4 is 39.1 Å². The predicted molar refractivity (Wildman–Crippen MR) is 172 cm³/mol. The molecule has 1 N–H and O–H groups in total. The van der Waals surface area contributed by atoms with E-state index < -0.39 is 28.5 Å². The number of carbonyl (C=O) groups excluding carboxylic acids is 2. The molecule has 0 radical (unpaired) electrons. The van der Waals surface area contributed by atoms with Crippen LogP contribution in [-0.4, -0.2) is 58.0 Å². The molecule has 44 heavy (non-hydrogen) atoms. The van der Waals surface area contributed by atoms with Gasteiger partial charge in [-0.15, -0.1) is 0 Å². The van der Waals surface area contributed by atoms with Gasteiger partial charge in [0.25, 0.3) is 10.0 Å². The number of hydrogen-bond donors (Lipinski definition) is 1. The highest BCUT2D eigenvalue weighted by molar-refractivity contribution is 7.92. The molecule has 1 aliphatic carbocycles. The highest BCUT2D eigenvalue weighted by Crippen LogP contribution is 2.33. The Hall–Kier alpha value is -3.76. The molecule has 0 saturated heterocycles. The number of hydrogen-bond acceptors (Lipinski definition) is 6. The topological polar surface area (TPSA) is 105 Å². The minimum absolute atomic E-state index is 0.0252. The van der Waals surface area contributed by atoms with Crippen LogP contribution in [-0.2, 0) is 26.2 Å². The molecule has 9 nitrogen and oxygen atoms in total. The Morgan fingerprint density at radius 3 is 2.23 bits per heavy atom. The molecule has 1 aliphatic rings. The summed E-state index contributed by atoms with van der Waals surface area (Å²) in [6, 6.07) is 18.8. The van der Waals surface area contributed by atoms with Crippen LogP contribution in [0.15, 0.2) is 77.7 Å². The zero-order valence-electron chi connectivity index (χ0n) is 25.4. The maximum atomic E-state index is 14.4. The molecule has 3 aromatic carbocycles. The Balaban J connectivity index is 1.74. The molecule has 0 aromatic heterocycles. The summed E-state index contributed by atoms with van der Waals surface area (Å²) in [5.41, 5.74) is 0.838. The summed E-state index contributed by atoms with van der Waals surface area (Å²) < 4.78 is 40.1. The van der Waals surface area contributed by atoms with Gasteiger partial charge in [-0.05, 0) is 67.3 Å². The third-order valence-electron chi connectivity index (χ3n) is 7.92. The average molecular weight is 642 g/mol. The van der Waals surface area contributed by atoms with Crippen molar-refractivity contribution in [1.29, 1.82) is 0 Å². The minimum atomic E-state index is -4.27. The van der Waals surface area contributed by atoms with Crippen molar-refractivity contribution in [3.63, 3.8) is 0 Å². The van der Waals surface area contributed by atoms with Crippen molar-refractivity contribution < 1.29 is 27.5 Å². The van der Waals surface area contributed by atoms with Gasteiger partial charge in [0.05, 0.1) is 24.8 Å². The number of halogens is 1. The Morgan fingerprint density at radius 2 is 1.59 bits per heavy atom. The van der Waals surface area contributed by atoms with Gasteiger partial charge in [0.2, 0.25) is 11.8 Å². The largest absolute Gasteiger partial charge is 0.497 e. The van der Waals surface area contributed by atoms with E-state index in [0.29, 0.717) is 22.8 Å². The summed E-state index contributed by atoms with van der Waals surface area (Å²) in [5, 5.41) is 3.59. The van der Waals surface area contributed by atoms with E-state index in [1.54, 1.807) is 54.6 Å². The number of rotatable bonds is 13. The van der Waals surface area contributed by atoms with Crippen molar-refractivity contribution in [1.82, 2.24) is 10.2 Å². The quantitative estimate of drug-likeness (QED) is 0.253. The molecule has 236 valence electrons. The minimum Gasteiger partial charge on any atom is -0.497 e. The van der Waals surface area contributed by atoms with Gasteiger partial charge in [0.1, 0.15) is 24.1 Å². The summed E-state index contributed by atoms with van der Waals surface area (Å²) >= 11 is 6.50. The smallest absolute Gasteiger partial charge is 0.264 e. The second kappa shape index (κ2) is 15.3. The first-order valence-corrected chi connectivity index (χ1v) is 16.6. The van der Waals surface area contributed by atoms with Crippen LogP contribution < -0.4 is 19.1 Å². The number of methoxy groups -OCH3 is 2. The van der Waals surface area contributed by atoms with Crippen molar-refractivity contribution in [2.75, 3.05) is 25.1 Å². The number of nitrogens with one attached hydrogen (secondary N) is 1. The first-order chi connectivity index (χ1) is 21.2. The van der Waals surface area contributed by atoms with E-state index >= 15 is 0 Å². The van der Waals surface area contributed by atoms with Gasteiger partial charge in [-0.25, -0.2) is 8.42 Å². The van der Waals surface area contributed by atoms with E-state index in [2.05, 4.69) is 5.32 Å². The molecular formula is C33H40ClN3O6S. The number of sulfonamides is 1. The predicted octanol–water partition coefficient (Wildman–Crippen LogP) is 5.81. The maximum Gasteiger partial charge on any atom is 0.264 e. The number of carbonyl (C=O) groups is 2. The normalized spacial score (nSPS) is 14.4. The molecule has 2 amide bonds. The van der Waals surface area contributed by atoms with Crippen LogP contribution in [0.1, 0.15) is 51.0 Å². The van der Waals surface area contributed by atoms with E-state index in [0.717, 1.165) is 36.4 Å². The number of para-hydroxylation sites is 2. The zero-order valence-corrected chi connectivity index (χ0v) is 26.9. The first-order valence-electron chi connectivity index (χ1n) is 14.8. The summed E-state index contributed by atoms with van der Waals surface area (Å²) in [5.74, 6) is -0.0538. The number of ether oxygens (including phenoxy) is 2. The average Bonchev–Trinajstić information content (AvgIpc) is 3.04. The molecule has 0 bridgehead atoms. The maximum absolute atomic E-state index is 14.4. The van der Waals surface area contributed by atoms with Gasteiger partial charge >= 0.3 is 0 Å². The SMILES string of the molecule is CC[C@H](C(=O)NC1CCCCC1)N(Cc1ccccc1Cl)C(=O)CN(c1ccccc1OC)S(=O)(=O)c1ccc(OC)cc1. The standard InChI is InChI=1S/C33H40ClN3O6S/c1-4-29(33(39)35-25-13-6-5-7-14-25)36(22-24-12-8-9-15-28(24)34)32(38)23-37(30-16-10-11-17-31(30)43-3)44(40,41)27-20-18-26(42-2)19-21-27/h8-12,15-21,25,29H,4-7,13-14,22-23H2,1-3H3,(H,35,39)/t29-/m1/s1. The highest BCUT2D eigenvalue weighted by atomic mass is 35.5. The molecule has 0 aliphatic heterocycles. The number of benzene rings is 3. The van der Waals surface area contributed by atoms with E-state index in [1.807, 2.05) is 13.0 Å². The van der Waals surface area contributed by atoms with Crippen LogP contribution in [0.25, 0.3) is 0 Å². The Kier molecular flexibility index (Phi) is 11.5. The molecule has 3 aromatic rings. The molecule has 4 rings (SSSR count). The second-order valence-electron chi connectivity index (χ2n) is 10.7. The lowest BCUT2D eigenvalue weighted by molar-refractivity contribution is -0.140. The zero-order chi connectivity index (χ0) is 31.7. The fourth-order valence-corrected chi connectivity index (χ4v) is 7.12. The lowest BCUT2D eigenvalue weighted by Crippen LogP contribution is -2.54. The summed E-state index contributed by atoms with van der Waals surface area (Å²) in [4.78, 5) is 29.5. The summed E-state index contributed by atoms with van der Waals surface area (Å²) in [6.07, 6.45) is 5.34. The van der Waals surface area contributed by atoms with Gasteiger partial charge in [-0.1, -0.05) is 68.1 Å². The molecule has 0 heterocycles. The summed E-state index contributed by atoms with van der Waals surface area (Å²) in [6.45, 7) is 1.29. The second-order valence-corrected chi connectivity index (χ2v) is 13.0. The van der Waals surface area contributed by atoms with Gasteiger partial charge in [-0.2, -0.15) is 0 Å². The van der Waals surface area contributed by atoms with Gasteiger partial charge in [-0.3, -0.25) is 13.9 Å². The van der Waals surface area contributed by atoms with Crippen LogP contribution in [0.2, 0.25) is 5.02 Å². The monoisotopic (exact) mass is 641 g/mol. The van der Waals surface area contributed by atoms with Gasteiger partial charge in [0, 0.05) is 17.6 Å². The fourth-order valence-electron chi connectivity index (χ4n) is 5.50. The fraction of sp³-hybridized carbons (Fsp3) is 0.394. The van der Waals surface area contributed by atoms with Crippen molar-refractivity contribution in [2.45, 2.75) is 69.0 Å². The van der Waals surface area contributed by atoms with Crippen molar-refractivity contribution in [2.24, 2.45) is 0 Å². The molecule has 1 atom stereocenters. The number of nitrogens with zero attached hydrogens (tertiary/aromatic N) is 2. The van der Waals surface area contributed by atoms with E-state index in [-0.39, 0.29) is 34.8 Å². The van der Waals surface area contributed by atoms with Gasteiger partial charge < -0.3 is 19.7 Å². The van der Waals surface area contributed by atoms with Crippen LogP contribution in [0.5, 0.6) is 11.5 Å². The number of amides is 2. The lowest BCUT2D eigenvalue weighted by atomic mass is 9.95. The van der Waals surface area contributed by atoms with E-state index in [4.69, 9.17) is 21.1 Å². The molecular weight excluding hydrogens is 602 g/mol. The molecule has 0 spiro atoms. The molecule has 11 heteroatoms. The summed E-state index contributed by atoms with van der Waals surface area (Å²) in [7, 11) is -1.35. The third kappa shape index (κ3) is 7.84. The lowest BCUT2D eigenvalue weighted by Gasteiger charge is -2.34. The van der Waals surface area contributed by atoms with Gasteiger partial charge in [0.15, 0.2) is 0 Å². The Morgan fingerprint density at radius 1 is 0.932 bits per heavy atom. The highest BCUT2D eigenvalue weighted by Gasteiger charge is 2.35. The first kappa shape index (κ1) is 33.1. The van der Waals surface area contributed by atoms with Crippen LogP contribution in [0.3, 0.4) is 0 Å². The van der Waals surface area contributed by atoms with Crippen molar-refractivity contribution in [3.05, 3.63) is 83.4 Å².